The summed E-state index contributed by atoms with van der Waals surface area (Å²) in [5, 5.41) is 8.84. The van der Waals surface area contributed by atoms with Crippen LogP contribution in [0.15, 0.2) is 18.3 Å². The molecule has 1 rings (SSSR count). The minimum atomic E-state index is -0.269. The van der Waals surface area contributed by atoms with Crippen LogP contribution in [0.5, 0.6) is 0 Å². The first-order valence-corrected chi connectivity index (χ1v) is 5.10. The highest BCUT2D eigenvalue weighted by atomic mass is 16.1. The summed E-state index contributed by atoms with van der Waals surface area (Å²) >= 11 is 0. The summed E-state index contributed by atoms with van der Waals surface area (Å²) in [6.07, 6.45) is 4.51. The fraction of sp³-hybridized carbons (Fsp3) is 0.500. The summed E-state index contributed by atoms with van der Waals surface area (Å²) in [4.78, 5) is 10.6. The minimum absolute atomic E-state index is 0.269. The lowest BCUT2D eigenvalue weighted by atomic mass is 9.90. The van der Waals surface area contributed by atoms with E-state index in [1.54, 1.807) is 6.07 Å². The van der Waals surface area contributed by atoms with Gasteiger partial charge in [0, 0.05) is 12.7 Å². The second-order valence-electron chi connectivity index (χ2n) is 4.34. The van der Waals surface area contributed by atoms with Crippen molar-refractivity contribution >= 4 is 6.29 Å². The van der Waals surface area contributed by atoms with Crippen LogP contribution in [0.25, 0.3) is 0 Å². The second kappa shape index (κ2) is 4.79. The van der Waals surface area contributed by atoms with Gasteiger partial charge in [-0.05, 0) is 38.8 Å². The van der Waals surface area contributed by atoms with E-state index < -0.39 is 0 Å². The van der Waals surface area contributed by atoms with Crippen molar-refractivity contribution in [3.05, 3.63) is 24.0 Å². The van der Waals surface area contributed by atoms with E-state index in [9.17, 15) is 4.79 Å². The highest BCUT2D eigenvalue weighted by Crippen LogP contribution is 2.21. The number of carbonyl (C=O) groups excluding carboxylic acids is 1. The van der Waals surface area contributed by atoms with Crippen molar-refractivity contribution in [2.45, 2.75) is 33.2 Å². The topological polar surface area (TPSA) is 45.8 Å². The molecule has 0 N–H and O–H groups in total. The van der Waals surface area contributed by atoms with E-state index in [2.05, 4.69) is 6.07 Å². The van der Waals surface area contributed by atoms with Gasteiger partial charge in [-0.3, -0.25) is 4.79 Å². The summed E-state index contributed by atoms with van der Waals surface area (Å²) in [7, 11) is 0. The summed E-state index contributed by atoms with van der Waals surface area (Å²) in [6.45, 7) is 4.67. The lowest BCUT2D eigenvalue weighted by Gasteiger charge is -2.14. The summed E-state index contributed by atoms with van der Waals surface area (Å²) in [5.41, 5.74) is 0.430. The first kappa shape index (κ1) is 11.5. The zero-order chi connectivity index (χ0) is 11.3. The van der Waals surface area contributed by atoms with Crippen LogP contribution < -0.4 is 0 Å². The quantitative estimate of drug-likeness (QED) is 0.692. The first-order valence-electron chi connectivity index (χ1n) is 5.10. The van der Waals surface area contributed by atoms with Crippen LogP contribution in [0, 0.1) is 16.7 Å². The van der Waals surface area contributed by atoms with Crippen molar-refractivity contribution < 1.29 is 4.79 Å². The van der Waals surface area contributed by atoms with E-state index in [-0.39, 0.29) is 5.41 Å². The number of aromatic nitrogens is 1. The maximum absolute atomic E-state index is 10.6. The smallest absolute Gasteiger partial charge is 0.166 e. The van der Waals surface area contributed by atoms with Crippen LogP contribution >= 0.6 is 0 Å². The van der Waals surface area contributed by atoms with E-state index in [0.717, 1.165) is 25.7 Å². The highest BCUT2D eigenvalue weighted by molar-refractivity contribution is 5.72. The Kier molecular flexibility index (Phi) is 3.68. The molecule has 0 spiro atoms. The Bertz CT molecular complexity index is 371. The van der Waals surface area contributed by atoms with Crippen molar-refractivity contribution in [1.82, 2.24) is 4.57 Å². The van der Waals surface area contributed by atoms with Crippen molar-refractivity contribution in [1.29, 1.82) is 5.26 Å². The third kappa shape index (κ3) is 3.25. The number of nitriles is 1. The molecule has 1 heterocycles. The van der Waals surface area contributed by atoms with Crippen LogP contribution in [-0.2, 0) is 6.54 Å². The van der Waals surface area contributed by atoms with Crippen LogP contribution in [0.2, 0.25) is 0 Å². The minimum Gasteiger partial charge on any atom is -0.345 e. The molecule has 0 amide bonds. The standard InChI is InChI=1S/C12H16N2O/c1-12(2,10-13)6-4-8-14-7-3-5-11(14)9-15/h3,5,7,9H,4,6,8H2,1-2H3. The van der Waals surface area contributed by atoms with Gasteiger partial charge in [-0.25, -0.2) is 0 Å². The Morgan fingerprint density at radius 1 is 1.60 bits per heavy atom. The van der Waals surface area contributed by atoms with Gasteiger partial charge in [-0.1, -0.05) is 0 Å². The molecular formula is C12H16N2O. The van der Waals surface area contributed by atoms with Gasteiger partial charge >= 0.3 is 0 Å². The number of aryl methyl sites for hydroxylation is 1. The fourth-order valence-corrected chi connectivity index (χ4v) is 1.49. The van der Waals surface area contributed by atoms with Crippen molar-refractivity contribution in [2.75, 3.05) is 0 Å². The number of rotatable bonds is 5. The molecule has 80 valence electrons. The van der Waals surface area contributed by atoms with Crippen LogP contribution in [0.4, 0.5) is 0 Å². The molecule has 0 aromatic carbocycles. The Labute approximate surface area is 90.3 Å². The molecule has 0 aliphatic carbocycles. The molecule has 1 aromatic rings. The van der Waals surface area contributed by atoms with Crippen LogP contribution in [-0.4, -0.2) is 10.9 Å². The van der Waals surface area contributed by atoms with Gasteiger partial charge in [-0.15, -0.1) is 0 Å². The predicted molar refractivity (Wildman–Crippen MR) is 58.4 cm³/mol. The number of aldehydes is 1. The molecule has 0 aliphatic rings. The van der Waals surface area contributed by atoms with Gasteiger partial charge in [0.2, 0.25) is 0 Å². The average Bonchev–Trinajstić information content (AvgIpc) is 2.65. The fourth-order valence-electron chi connectivity index (χ4n) is 1.49. The van der Waals surface area contributed by atoms with Crippen molar-refractivity contribution in [3.8, 4) is 6.07 Å². The second-order valence-corrected chi connectivity index (χ2v) is 4.34. The predicted octanol–water partition coefficient (Wildman–Crippen LogP) is 2.63. The molecule has 1 aromatic heterocycles. The van der Waals surface area contributed by atoms with E-state index in [0.29, 0.717) is 5.69 Å². The molecule has 0 atom stereocenters. The highest BCUT2D eigenvalue weighted by Gasteiger charge is 2.15. The van der Waals surface area contributed by atoms with Crippen LogP contribution in [0.3, 0.4) is 0 Å². The van der Waals surface area contributed by atoms with Crippen LogP contribution in [0.1, 0.15) is 37.2 Å². The molecule has 3 heteroatoms. The summed E-state index contributed by atoms with van der Waals surface area (Å²) < 4.78 is 1.92. The zero-order valence-corrected chi connectivity index (χ0v) is 9.23. The average molecular weight is 204 g/mol. The molecule has 3 nitrogen and oxygen atoms in total. The number of hydrogen-bond donors (Lipinski definition) is 0. The lowest BCUT2D eigenvalue weighted by Crippen LogP contribution is -2.10. The monoisotopic (exact) mass is 204 g/mol. The Morgan fingerprint density at radius 2 is 2.33 bits per heavy atom. The molecule has 0 fully saturated rings. The van der Waals surface area contributed by atoms with Gasteiger partial charge in [0.05, 0.1) is 17.2 Å². The number of carbonyl (C=O) groups is 1. The SMILES string of the molecule is CC(C)(C#N)CCCn1cccc1C=O. The summed E-state index contributed by atoms with van der Waals surface area (Å²) in [5.74, 6) is 0. The van der Waals surface area contributed by atoms with Gasteiger partial charge in [0.25, 0.3) is 0 Å². The van der Waals surface area contributed by atoms with Crippen molar-refractivity contribution in [2.24, 2.45) is 5.41 Å². The van der Waals surface area contributed by atoms with E-state index in [4.69, 9.17) is 5.26 Å². The third-order valence-electron chi connectivity index (χ3n) is 2.49. The molecule has 0 saturated heterocycles. The van der Waals surface area contributed by atoms with Gasteiger partial charge in [0.1, 0.15) is 0 Å². The van der Waals surface area contributed by atoms with Gasteiger partial charge in [0.15, 0.2) is 6.29 Å². The van der Waals surface area contributed by atoms with Crippen molar-refractivity contribution in [3.63, 3.8) is 0 Å². The molecular weight excluding hydrogens is 188 g/mol. The normalized spacial score (nSPS) is 11.0. The maximum Gasteiger partial charge on any atom is 0.166 e. The zero-order valence-electron chi connectivity index (χ0n) is 9.23. The molecule has 15 heavy (non-hydrogen) atoms. The third-order valence-corrected chi connectivity index (χ3v) is 2.49. The van der Waals surface area contributed by atoms with E-state index in [1.807, 2.05) is 30.7 Å². The lowest BCUT2D eigenvalue weighted by molar-refractivity contribution is 0.111. The number of nitrogens with zero attached hydrogens (tertiary/aromatic N) is 2. The van der Waals surface area contributed by atoms with Gasteiger partial charge < -0.3 is 4.57 Å². The maximum atomic E-state index is 10.6. The molecule has 0 unspecified atom stereocenters. The first-order chi connectivity index (χ1) is 7.09. The molecule has 0 bridgehead atoms. The largest absolute Gasteiger partial charge is 0.345 e. The Hall–Kier alpha value is -1.56. The Balaban J connectivity index is 2.45. The van der Waals surface area contributed by atoms with E-state index in [1.165, 1.54) is 0 Å². The van der Waals surface area contributed by atoms with E-state index >= 15 is 0 Å². The van der Waals surface area contributed by atoms with Gasteiger partial charge in [-0.2, -0.15) is 5.26 Å². The Morgan fingerprint density at radius 3 is 2.93 bits per heavy atom. The molecule has 0 saturated carbocycles. The molecule has 0 aliphatic heterocycles. The number of hydrogen-bond acceptors (Lipinski definition) is 2. The summed E-state index contributed by atoms with van der Waals surface area (Å²) in [6, 6.07) is 5.93. The molecule has 0 radical (unpaired) electrons.